The molecular formula is C14H16N4OS. The van der Waals surface area contributed by atoms with Crippen LogP contribution in [0.1, 0.15) is 11.3 Å². The Hall–Kier alpha value is -2.21. The van der Waals surface area contributed by atoms with Crippen LogP contribution in [-0.2, 0) is 6.54 Å². The van der Waals surface area contributed by atoms with Gasteiger partial charge in [-0.05, 0) is 31.3 Å². The maximum absolute atomic E-state index is 5.28. The summed E-state index contributed by atoms with van der Waals surface area (Å²) in [5.41, 5.74) is 1.92. The van der Waals surface area contributed by atoms with E-state index in [-0.39, 0.29) is 0 Å². The topological polar surface area (TPSA) is 59.1 Å². The van der Waals surface area contributed by atoms with Crippen molar-refractivity contribution >= 4 is 23.3 Å². The van der Waals surface area contributed by atoms with E-state index in [0.717, 1.165) is 17.0 Å². The predicted octanol–water partition coefficient (Wildman–Crippen LogP) is 2.28. The van der Waals surface area contributed by atoms with Crippen LogP contribution in [0.2, 0.25) is 0 Å². The molecule has 0 aliphatic heterocycles. The van der Waals surface area contributed by atoms with Gasteiger partial charge in [0, 0.05) is 24.0 Å². The fourth-order valence-electron chi connectivity index (χ4n) is 1.68. The normalized spacial score (nSPS) is 9.90. The molecule has 0 amide bonds. The Morgan fingerprint density at radius 3 is 2.85 bits per heavy atom. The molecule has 104 valence electrons. The van der Waals surface area contributed by atoms with Gasteiger partial charge >= 0.3 is 0 Å². The third-order valence-corrected chi connectivity index (χ3v) is 2.90. The number of aromatic nitrogens is 2. The molecule has 0 aliphatic rings. The van der Waals surface area contributed by atoms with Crippen molar-refractivity contribution in [2.45, 2.75) is 13.5 Å². The SMILES string of the molecule is COc1ccccc1CNC(=S)Nc1nccc(C)n1. The van der Waals surface area contributed by atoms with Gasteiger partial charge in [-0.2, -0.15) is 0 Å². The molecule has 0 spiro atoms. The standard InChI is InChI=1S/C14H16N4OS/c1-10-7-8-15-13(17-10)18-14(20)16-9-11-5-3-4-6-12(11)19-2/h3-8H,9H2,1-2H3,(H2,15,16,17,18,20). The molecule has 0 atom stereocenters. The van der Waals surface area contributed by atoms with Crippen molar-refractivity contribution in [3.8, 4) is 5.75 Å². The number of anilines is 1. The van der Waals surface area contributed by atoms with Crippen molar-refractivity contribution in [2.24, 2.45) is 0 Å². The van der Waals surface area contributed by atoms with Gasteiger partial charge in [-0.1, -0.05) is 18.2 Å². The molecule has 2 N–H and O–H groups in total. The highest BCUT2D eigenvalue weighted by atomic mass is 32.1. The zero-order chi connectivity index (χ0) is 14.4. The molecule has 0 unspecified atom stereocenters. The Morgan fingerprint density at radius 1 is 1.30 bits per heavy atom. The molecule has 0 aliphatic carbocycles. The summed E-state index contributed by atoms with van der Waals surface area (Å²) in [4.78, 5) is 8.32. The van der Waals surface area contributed by atoms with E-state index in [4.69, 9.17) is 17.0 Å². The zero-order valence-corrected chi connectivity index (χ0v) is 12.2. The summed E-state index contributed by atoms with van der Waals surface area (Å²) in [5, 5.41) is 6.52. The second kappa shape index (κ2) is 6.81. The minimum Gasteiger partial charge on any atom is -0.496 e. The first-order valence-electron chi connectivity index (χ1n) is 6.15. The van der Waals surface area contributed by atoms with Crippen LogP contribution < -0.4 is 15.4 Å². The van der Waals surface area contributed by atoms with Gasteiger partial charge in [-0.3, -0.25) is 0 Å². The number of hydrogen-bond donors (Lipinski definition) is 2. The van der Waals surface area contributed by atoms with E-state index in [0.29, 0.717) is 17.6 Å². The van der Waals surface area contributed by atoms with Crippen LogP contribution in [0, 0.1) is 6.92 Å². The highest BCUT2D eigenvalue weighted by molar-refractivity contribution is 7.80. The van der Waals surface area contributed by atoms with Crippen molar-refractivity contribution in [3.63, 3.8) is 0 Å². The largest absolute Gasteiger partial charge is 0.496 e. The number of nitrogens with one attached hydrogen (secondary N) is 2. The minimum absolute atomic E-state index is 0.474. The zero-order valence-electron chi connectivity index (χ0n) is 11.4. The summed E-state index contributed by atoms with van der Waals surface area (Å²) in [5.74, 6) is 1.32. The second-order valence-corrected chi connectivity index (χ2v) is 4.55. The average Bonchev–Trinajstić information content (AvgIpc) is 2.45. The molecule has 0 saturated heterocycles. The molecule has 1 heterocycles. The summed E-state index contributed by atoms with van der Waals surface area (Å²) in [6, 6.07) is 9.62. The number of aryl methyl sites for hydroxylation is 1. The van der Waals surface area contributed by atoms with E-state index in [1.165, 1.54) is 0 Å². The molecule has 0 fully saturated rings. The van der Waals surface area contributed by atoms with Crippen molar-refractivity contribution in [1.29, 1.82) is 0 Å². The summed E-state index contributed by atoms with van der Waals surface area (Å²) >= 11 is 5.21. The lowest BCUT2D eigenvalue weighted by molar-refractivity contribution is 0.409. The van der Waals surface area contributed by atoms with Crippen molar-refractivity contribution < 1.29 is 4.74 Å². The highest BCUT2D eigenvalue weighted by Crippen LogP contribution is 2.16. The van der Waals surface area contributed by atoms with E-state index >= 15 is 0 Å². The lowest BCUT2D eigenvalue weighted by Crippen LogP contribution is -2.28. The van der Waals surface area contributed by atoms with Gasteiger partial charge in [0.1, 0.15) is 5.75 Å². The molecule has 2 aromatic rings. The summed E-state index contributed by atoms with van der Waals surface area (Å²) in [7, 11) is 1.65. The molecular weight excluding hydrogens is 272 g/mol. The van der Waals surface area contributed by atoms with Crippen molar-refractivity contribution in [1.82, 2.24) is 15.3 Å². The van der Waals surface area contributed by atoms with Gasteiger partial charge in [0.25, 0.3) is 0 Å². The third-order valence-electron chi connectivity index (χ3n) is 2.65. The molecule has 6 heteroatoms. The average molecular weight is 288 g/mol. The molecule has 0 saturated carbocycles. The van der Waals surface area contributed by atoms with E-state index in [1.54, 1.807) is 13.3 Å². The molecule has 1 aromatic heterocycles. The van der Waals surface area contributed by atoms with Gasteiger partial charge in [-0.15, -0.1) is 0 Å². The number of rotatable bonds is 4. The lowest BCUT2D eigenvalue weighted by atomic mass is 10.2. The first kappa shape index (κ1) is 14.2. The van der Waals surface area contributed by atoms with Crippen LogP contribution in [0.15, 0.2) is 36.5 Å². The van der Waals surface area contributed by atoms with Gasteiger partial charge in [0.05, 0.1) is 7.11 Å². The lowest BCUT2D eigenvalue weighted by Gasteiger charge is -2.11. The van der Waals surface area contributed by atoms with Crippen LogP contribution in [0.5, 0.6) is 5.75 Å². The molecule has 1 aromatic carbocycles. The summed E-state index contributed by atoms with van der Waals surface area (Å²) < 4.78 is 5.28. The monoisotopic (exact) mass is 288 g/mol. The maximum Gasteiger partial charge on any atom is 0.229 e. The van der Waals surface area contributed by atoms with Gasteiger partial charge in [0.2, 0.25) is 5.95 Å². The number of thiocarbonyl (C=S) groups is 1. The smallest absolute Gasteiger partial charge is 0.229 e. The molecule has 20 heavy (non-hydrogen) atoms. The van der Waals surface area contributed by atoms with Gasteiger partial charge in [-0.25, -0.2) is 9.97 Å². The van der Waals surface area contributed by atoms with Crippen LogP contribution in [0.4, 0.5) is 5.95 Å². The number of hydrogen-bond acceptors (Lipinski definition) is 4. The quantitative estimate of drug-likeness (QED) is 0.842. The molecule has 2 rings (SSSR count). The van der Waals surface area contributed by atoms with E-state index < -0.39 is 0 Å². The Kier molecular flexibility index (Phi) is 4.84. The van der Waals surface area contributed by atoms with Crippen LogP contribution in [-0.4, -0.2) is 22.2 Å². The van der Waals surface area contributed by atoms with Crippen molar-refractivity contribution in [2.75, 3.05) is 12.4 Å². The fourth-order valence-corrected chi connectivity index (χ4v) is 1.84. The summed E-state index contributed by atoms with van der Waals surface area (Å²) in [6.45, 7) is 2.47. The van der Waals surface area contributed by atoms with E-state index in [2.05, 4.69) is 20.6 Å². The number of methoxy groups -OCH3 is 1. The Balaban J connectivity index is 1.92. The first-order chi connectivity index (χ1) is 9.69. The van der Waals surface area contributed by atoms with Crippen LogP contribution >= 0.6 is 12.2 Å². The van der Waals surface area contributed by atoms with Crippen LogP contribution in [0.3, 0.4) is 0 Å². The van der Waals surface area contributed by atoms with Gasteiger partial charge in [0.15, 0.2) is 5.11 Å². The van der Waals surface area contributed by atoms with E-state index in [9.17, 15) is 0 Å². The van der Waals surface area contributed by atoms with E-state index in [1.807, 2.05) is 37.3 Å². The summed E-state index contributed by atoms with van der Waals surface area (Å²) in [6.07, 6.45) is 1.69. The number of nitrogens with zero attached hydrogens (tertiary/aromatic N) is 2. The number of para-hydroxylation sites is 1. The molecule has 0 bridgehead atoms. The van der Waals surface area contributed by atoms with Crippen LogP contribution in [0.25, 0.3) is 0 Å². The predicted molar refractivity (Wildman–Crippen MR) is 82.8 cm³/mol. The number of ether oxygens (including phenoxy) is 1. The Morgan fingerprint density at radius 2 is 2.10 bits per heavy atom. The fraction of sp³-hybridized carbons (Fsp3) is 0.214. The molecule has 0 radical (unpaired) electrons. The Bertz CT molecular complexity index is 603. The Labute approximate surface area is 123 Å². The van der Waals surface area contributed by atoms with Crippen molar-refractivity contribution in [3.05, 3.63) is 47.8 Å². The maximum atomic E-state index is 5.28. The molecule has 5 nitrogen and oxygen atoms in total. The second-order valence-electron chi connectivity index (χ2n) is 4.14. The first-order valence-corrected chi connectivity index (χ1v) is 6.56. The minimum atomic E-state index is 0.474. The number of benzene rings is 1. The van der Waals surface area contributed by atoms with Gasteiger partial charge < -0.3 is 15.4 Å². The highest BCUT2D eigenvalue weighted by Gasteiger charge is 2.04. The third kappa shape index (κ3) is 3.89.